The van der Waals surface area contributed by atoms with Gasteiger partial charge in [-0.05, 0) is 43.0 Å². The molecule has 0 saturated heterocycles. The Labute approximate surface area is 141 Å². The monoisotopic (exact) mass is 348 g/mol. The van der Waals surface area contributed by atoms with Gasteiger partial charge in [0.25, 0.3) is 5.91 Å². The summed E-state index contributed by atoms with van der Waals surface area (Å²) in [6.45, 7) is 3.79. The summed E-state index contributed by atoms with van der Waals surface area (Å²) in [7, 11) is 0. The first-order valence-electron chi connectivity index (χ1n) is 6.62. The molecule has 0 fully saturated rings. The number of nitrogens with zero attached hydrogens (tertiary/aromatic N) is 1. The number of hydrogen-bond acceptors (Lipinski definition) is 4. The number of hydrogen-bond donors (Lipinski definition) is 1. The summed E-state index contributed by atoms with van der Waals surface area (Å²) in [5.74, 6) is -0.151. The molecule has 2 aromatic heterocycles. The van der Waals surface area contributed by atoms with Crippen LogP contribution in [0.15, 0.2) is 35.0 Å². The number of carbonyl (C=O) groups excluding carboxylic acids is 1. The summed E-state index contributed by atoms with van der Waals surface area (Å²) in [5.41, 5.74) is 3.49. The molecule has 3 rings (SSSR count). The number of amides is 1. The number of thiazole rings is 1. The van der Waals surface area contributed by atoms with Gasteiger partial charge in [-0.1, -0.05) is 17.7 Å². The average molecular weight is 349 g/mol. The molecule has 1 N–H and O–H groups in total. The van der Waals surface area contributed by atoms with E-state index >= 15 is 0 Å². The van der Waals surface area contributed by atoms with Gasteiger partial charge in [-0.3, -0.25) is 4.79 Å². The van der Waals surface area contributed by atoms with Gasteiger partial charge in [-0.15, -0.1) is 11.3 Å². The SMILES string of the molecule is Cc1ccc(Cl)cc1NC(=O)c1sc(-c2ccsc2)nc1C. The Bertz CT molecular complexity index is 825. The molecule has 112 valence electrons. The average Bonchev–Trinajstić information content (AvgIpc) is 3.11. The summed E-state index contributed by atoms with van der Waals surface area (Å²) >= 11 is 9.01. The molecule has 0 spiro atoms. The fourth-order valence-corrected chi connectivity index (χ4v) is 3.87. The van der Waals surface area contributed by atoms with Crippen LogP contribution in [0.4, 0.5) is 5.69 Å². The summed E-state index contributed by atoms with van der Waals surface area (Å²) in [5, 5.41) is 8.41. The molecule has 0 saturated carbocycles. The van der Waals surface area contributed by atoms with Crippen LogP contribution in [0.25, 0.3) is 10.6 Å². The van der Waals surface area contributed by atoms with E-state index in [1.54, 1.807) is 23.5 Å². The van der Waals surface area contributed by atoms with Crippen LogP contribution in [-0.2, 0) is 0 Å². The van der Waals surface area contributed by atoms with Gasteiger partial charge in [0.05, 0.1) is 5.69 Å². The number of anilines is 1. The zero-order valence-electron chi connectivity index (χ0n) is 12.0. The Hall–Kier alpha value is -1.69. The highest BCUT2D eigenvalue weighted by atomic mass is 35.5. The summed E-state index contributed by atoms with van der Waals surface area (Å²) < 4.78 is 0. The van der Waals surface area contributed by atoms with E-state index in [9.17, 15) is 4.79 Å². The second-order valence-corrected chi connectivity index (χ2v) is 7.07. The van der Waals surface area contributed by atoms with Crippen molar-refractivity contribution < 1.29 is 4.79 Å². The molecule has 1 amide bonds. The van der Waals surface area contributed by atoms with Gasteiger partial charge >= 0.3 is 0 Å². The molecule has 22 heavy (non-hydrogen) atoms. The largest absolute Gasteiger partial charge is 0.321 e. The molecule has 1 aromatic carbocycles. The van der Waals surface area contributed by atoms with Crippen molar-refractivity contribution in [2.24, 2.45) is 0 Å². The summed E-state index contributed by atoms with van der Waals surface area (Å²) in [6.07, 6.45) is 0. The molecule has 0 atom stereocenters. The van der Waals surface area contributed by atoms with Crippen molar-refractivity contribution in [3.63, 3.8) is 0 Å². The van der Waals surface area contributed by atoms with E-state index in [1.165, 1.54) is 11.3 Å². The molecule has 0 radical (unpaired) electrons. The van der Waals surface area contributed by atoms with E-state index in [0.29, 0.717) is 9.90 Å². The molecule has 3 aromatic rings. The van der Waals surface area contributed by atoms with Crippen molar-refractivity contribution >= 4 is 45.9 Å². The van der Waals surface area contributed by atoms with Gasteiger partial charge in [-0.25, -0.2) is 4.98 Å². The molecule has 6 heteroatoms. The lowest BCUT2D eigenvalue weighted by atomic mass is 10.2. The lowest BCUT2D eigenvalue weighted by Crippen LogP contribution is -2.12. The van der Waals surface area contributed by atoms with Crippen molar-refractivity contribution in [2.45, 2.75) is 13.8 Å². The zero-order valence-corrected chi connectivity index (χ0v) is 14.4. The molecule has 0 aliphatic carbocycles. The standard InChI is InChI=1S/C16H13ClN2OS2/c1-9-3-4-12(17)7-13(9)19-15(20)14-10(2)18-16(22-14)11-5-6-21-8-11/h3-8H,1-2H3,(H,19,20). The second kappa shape index (κ2) is 6.20. The normalized spacial score (nSPS) is 10.7. The second-order valence-electron chi connectivity index (χ2n) is 4.86. The first kappa shape index (κ1) is 15.2. The minimum absolute atomic E-state index is 0.151. The third-order valence-electron chi connectivity index (χ3n) is 3.22. The van der Waals surface area contributed by atoms with Crippen molar-refractivity contribution in [3.8, 4) is 10.6 Å². The number of aromatic nitrogens is 1. The van der Waals surface area contributed by atoms with Gasteiger partial charge in [-0.2, -0.15) is 11.3 Å². The van der Waals surface area contributed by atoms with Crippen LogP contribution in [0.2, 0.25) is 5.02 Å². The van der Waals surface area contributed by atoms with E-state index in [1.807, 2.05) is 36.7 Å². The summed E-state index contributed by atoms with van der Waals surface area (Å²) in [4.78, 5) is 17.6. The van der Waals surface area contributed by atoms with Crippen LogP contribution in [0.1, 0.15) is 20.9 Å². The Kier molecular flexibility index (Phi) is 4.29. The lowest BCUT2D eigenvalue weighted by Gasteiger charge is -2.07. The van der Waals surface area contributed by atoms with Crippen LogP contribution < -0.4 is 5.32 Å². The van der Waals surface area contributed by atoms with Gasteiger partial charge < -0.3 is 5.32 Å². The Morgan fingerprint density at radius 1 is 1.27 bits per heavy atom. The Balaban J connectivity index is 1.88. The maximum atomic E-state index is 12.5. The van der Waals surface area contributed by atoms with E-state index in [0.717, 1.165) is 27.5 Å². The van der Waals surface area contributed by atoms with E-state index in [2.05, 4.69) is 10.3 Å². The Morgan fingerprint density at radius 2 is 2.09 bits per heavy atom. The molecule has 2 heterocycles. The highest BCUT2D eigenvalue weighted by molar-refractivity contribution is 7.17. The number of halogens is 1. The van der Waals surface area contributed by atoms with E-state index in [4.69, 9.17) is 11.6 Å². The number of benzene rings is 1. The van der Waals surface area contributed by atoms with Crippen molar-refractivity contribution in [1.82, 2.24) is 4.98 Å². The molecule has 0 bridgehead atoms. The number of thiophene rings is 1. The topological polar surface area (TPSA) is 42.0 Å². The van der Waals surface area contributed by atoms with Crippen LogP contribution in [0, 0.1) is 13.8 Å². The number of aryl methyl sites for hydroxylation is 2. The fourth-order valence-electron chi connectivity index (χ4n) is 2.02. The zero-order chi connectivity index (χ0) is 15.7. The molecule has 3 nitrogen and oxygen atoms in total. The lowest BCUT2D eigenvalue weighted by molar-refractivity contribution is 0.102. The van der Waals surface area contributed by atoms with Crippen LogP contribution in [0.5, 0.6) is 0 Å². The smallest absolute Gasteiger partial charge is 0.267 e. The van der Waals surface area contributed by atoms with Crippen molar-refractivity contribution in [1.29, 1.82) is 0 Å². The van der Waals surface area contributed by atoms with Crippen LogP contribution in [-0.4, -0.2) is 10.9 Å². The molecule has 0 unspecified atom stereocenters. The van der Waals surface area contributed by atoms with Gasteiger partial charge in [0.15, 0.2) is 0 Å². The molecule has 0 aliphatic rings. The fraction of sp³-hybridized carbons (Fsp3) is 0.125. The third kappa shape index (κ3) is 3.06. The first-order chi connectivity index (χ1) is 10.5. The van der Waals surface area contributed by atoms with Gasteiger partial charge in [0.2, 0.25) is 0 Å². The van der Waals surface area contributed by atoms with E-state index in [-0.39, 0.29) is 5.91 Å². The highest BCUT2D eigenvalue weighted by Gasteiger charge is 2.17. The van der Waals surface area contributed by atoms with Crippen molar-refractivity contribution in [3.05, 3.63) is 56.2 Å². The highest BCUT2D eigenvalue weighted by Crippen LogP contribution is 2.30. The summed E-state index contributed by atoms with van der Waals surface area (Å²) in [6, 6.07) is 7.45. The maximum Gasteiger partial charge on any atom is 0.267 e. The molecular weight excluding hydrogens is 336 g/mol. The maximum absolute atomic E-state index is 12.5. The van der Waals surface area contributed by atoms with Crippen LogP contribution in [0.3, 0.4) is 0 Å². The van der Waals surface area contributed by atoms with Crippen LogP contribution >= 0.6 is 34.3 Å². The quantitative estimate of drug-likeness (QED) is 0.689. The number of nitrogens with one attached hydrogen (secondary N) is 1. The van der Waals surface area contributed by atoms with Gasteiger partial charge in [0, 0.05) is 21.7 Å². The number of carbonyl (C=O) groups is 1. The van der Waals surface area contributed by atoms with Crippen molar-refractivity contribution in [2.75, 3.05) is 5.32 Å². The minimum Gasteiger partial charge on any atom is -0.321 e. The molecule has 0 aliphatic heterocycles. The van der Waals surface area contributed by atoms with E-state index < -0.39 is 0 Å². The minimum atomic E-state index is -0.151. The Morgan fingerprint density at radius 3 is 2.82 bits per heavy atom. The number of rotatable bonds is 3. The van der Waals surface area contributed by atoms with Gasteiger partial charge in [0.1, 0.15) is 9.88 Å². The first-order valence-corrected chi connectivity index (χ1v) is 8.76. The predicted molar refractivity (Wildman–Crippen MR) is 94.3 cm³/mol. The third-order valence-corrected chi connectivity index (χ3v) is 5.34. The molecular formula is C16H13ClN2OS2. The predicted octanol–water partition coefficient (Wildman–Crippen LogP) is 5.39.